The van der Waals surface area contributed by atoms with Crippen LogP contribution in [-0.4, -0.2) is 167 Å². The Bertz CT molecular complexity index is 2580. The Labute approximate surface area is 396 Å². The molecule has 20 heteroatoms. The number of aromatic nitrogens is 1. The molecule has 2 aromatic carbocycles. The van der Waals surface area contributed by atoms with E-state index in [2.05, 4.69) is 14.8 Å². The predicted octanol–water partition coefficient (Wildman–Crippen LogP) is 2.96. The van der Waals surface area contributed by atoms with Crippen LogP contribution in [0.1, 0.15) is 68.8 Å². The molecular weight excluding hydrogens is 907 g/mol. The van der Waals surface area contributed by atoms with E-state index in [4.69, 9.17) is 39.4 Å². The number of ether oxygens (including phenoxy) is 4. The Morgan fingerprint density at radius 1 is 0.957 bits per heavy atom. The fourth-order valence-corrected chi connectivity index (χ4v) is 13.5. The maximum Gasteiger partial charge on any atom is 0.344 e. The summed E-state index contributed by atoms with van der Waals surface area (Å²) in [6.45, 7) is 6.55. The number of carboxylic acid groups (broad SMARTS) is 2. The molecule has 3 aromatic rings. The predicted molar refractivity (Wildman–Crippen MR) is 242 cm³/mol. The van der Waals surface area contributed by atoms with Crippen molar-refractivity contribution in [2.45, 2.75) is 106 Å². The molecule has 69 heavy (non-hydrogen) atoms. The van der Waals surface area contributed by atoms with Gasteiger partial charge in [0, 0.05) is 96.9 Å². The lowest BCUT2D eigenvalue weighted by atomic mass is 9.47. The molecule has 12 atom stereocenters. The fraction of sp³-hybridized carbons (Fsp3) is 0.571. The molecule has 5 aliphatic heterocycles. The van der Waals surface area contributed by atoms with Gasteiger partial charge in [-0.1, -0.05) is 37.3 Å². The van der Waals surface area contributed by atoms with E-state index < -0.39 is 87.9 Å². The zero-order chi connectivity index (χ0) is 50.3. The van der Waals surface area contributed by atoms with Gasteiger partial charge in [0.2, 0.25) is 11.5 Å². The third kappa shape index (κ3) is 7.30. The van der Waals surface area contributed by atoms with Gasteiger partial charge in [-0.3, -0.25) is 19.4 Å². The van der Waals surface area contributed by atoms with Crippen molar-refractivity contribution in [3.8, 4) is 5.75 Å². The molecule has 4 unspecified atom stereocenters. The molecule has 9 rings (SSSR count). The number of H-pyrrole nitrogens is 1. The van der Waals surface area contributed by atoms with Crippen molar-refractivity contribution >= 4 is 46.4 Å². The number of carboxylic acids is 2. The van der Waals surface area contributed by atoms with E-state index in [1.165, 1.54) is 28.3 Å². The van der Waals surface area contributed by atoms with Crippen LogP contribution in [0.5, 0.6) is 5.75 Å². The number of rotatable bonds is 10. The number of piperidine rings is 1. The molecule has 1 spiro atoms. The molecule has 3 fully saturated rings. The summed E-state index contributed by atoms with van der Waals surface area (Å²) in [5, 5.41) is 46.7. The number of anilines is 1. The van der Waals surface area contributed by atoms with Crippen molar-refractivity contribution < 1.29 is 77.2 Å². The number of alkyl halides is 2. The molecule has 1 aliphatic carbocycles. The molecule has 1 aromatic heterocycles. The van der Waals surface area contributed by atoms with Crippen molar-refractivity contribution in [3.05, 3.63) is 70.9 Å². The molecular formula is C49H60F2N4O14. The lowest BCUT2D eigenvalue weighted by molar-refractivity contribution is -0.228. The topological polar surface area (TPSA) is 249 Å². The van der Waals surface area contributed by atoms with Crippen LogP contribution in [0.2, 0.25) is 0 Å². The van der Waals surface area contributed by atoms with E-state index in [0.29, 0.717) is 61.7 Å². The first-order chi connectivity index (χ1) is 32.5. The Morgan fingerprint density at radius 3 is 2.22 bits per heavy atom. The van der Waals surface area contributed by atoms with Gasteiger partial charge in [-0.05, 0) is 68.3 Å². The van der Waals surface area contributed by atoms with Gasteiger partial charge in [0.15, 0.2) is 18.3 Å². The van der Waals surface area contributed by atoms with Crippen LogP contribution in [-0.2, 0) is 55.6 Å². The first kappa shape index (κ1) is 49.7. The number of aliphatic hydroxyl groups excluding tert-OH is 2. The zero-order valence-corrected chi connectivity index (χ0v) is 39.5. The minimum atomic E-state index is -2.94. The van der Waals surface area contributed by atoms with Crippen LogP contribution in [0.25, 0.3) is 10.9 Å². The van der Waals surface area contributed by atoms with E-state index in [1.807, 2.05) is 67.4 Å². The third-order valence-electron chi connectivity index (χ3n) is 16.1. The fourth-order valence-electron chi connectivity index (χ4n) is 13.5. The number of hydrogen-bond acceptors (Lipinski definition) is 15. The molecule has 2 bridgehead atoms. The number of carbonyl (C=O) groups excluding carboxylic acids is 3. The van der Waals surface area contributed by atoms with Gasteiger partial charge in [-0.25, -0.2) is 23.2 Å². The lowest BCUT2D eigenvalue weighted by Crippen LogP contribution is -2.81. The highest BCUT2D eigenvalue weighted by Gasteiger charge is 2.80. The lowest BCUT2D eigenvalue weighted by Gasteiger charge is -2.63. The number of para-hydroxylation sites is 1. The molecule has 0 amide bonds. The third-order valence-corrected chi connectivity index (χ3v) is 16.1. The van der Waals surface area contributed by atoms with E-state index in [1.54, 1.807) is 0 Å². The van der Waals surface area contributed by atoms with Crippen LogP contribution >= 0.6 is 0 Å². The second-order valence-electron chi connectivity index (χ2n) is 19.6. The van der Waals surface area contributed by atoms with Gasteiger partial charge in [-0.15, -0.1) is 0 Å². The standard InChI is InChI=1S/C45H54F2N4O8.C4H6O6/c1-8-42-14-11-16-51-17-15-43(36(42)51)30-19-31(34(56-5)20-33(30)49(4)37(43)45(55,40(54)58-7)38(42)59-25(2)52)44(39(53)57-6)21-26-18-27(41(3,46)47)23-50(22-26)24-29-28-12-9-10-13-32(28)48-35(29)44;5-1(3(7)8)2(6)4(9)10/h9-14,19-20,26-27,36-38,48,55H,8,15-18,21-24H2,1-7H3;1-2,5-6H,(H,7,8)(H,9,10)/t26-,27?,36-,37-,38-,42+,43-,44?,45?;1-,2-/m10/s1. The summed E-state index contributed by atoms with van der Waals surface area (Å²) in [5.41, 5.74) is -1.64. The maximum atomic E-state index is 15.3. The van der Waals surface area contributed by atoms with Crippen molar-refractivity contribution in [2.75, 3.05) is 59.5 Å². The number of carbonyl (C=O) groups is 5. The number of esters is 3. The minimum Gasteiger partial charge on any atom is -0.496 e. The van der Waals surface area contributed by atoms with Crippen molar-refractivity contribution in [2.24, 2.45) is 17.3 Å². The molecule has 2 saturated heterocycles. The maximum absolute atomic E-state index is 15.3. The molecule has 6 N–H and O–H groups in total. The number of halogens is 2. The minimum absolute atomic E-state index is 0.155. The first-order valence-corrected chi connectivity index (χ1v) is 23.0. The smallest absolute Gasteiger partial charge is 0.344 e. The summed E-state index contributed by atoms with van der Waals surface area (Å²) < 4.78 is 54.3. The highest BCUT2D eigenvalue weighted by molar-refractivity contribution is 5.95. The highest BCUT2D eigenvalue weighted by Crippen LogP contribution is 2.68. The SMILES string of the molecule is CC[C@@]12C=CCN3CC[C@@]4(c5cc(C6(C(=O)OC)C[C@H]7CC(C(C)(F)F)CN(Cc8c6[nH]c6ccccc86)C7)c(OC)cc5N(C)[C@H]4C(O)(C(=O)OC)[C@@H]1OC(C)=O)[C@H]32.O=C(O)[C@@H](O)[C@H](O)C(=O)O. The zero-order valence-electron chi connectivity index (χ0n) is 39.5. The second kappa shape index (κ2) is 17.6. The van der Waals surface area contributed by atoms with Gasteiger partial charge < -0.3 is 54.4 Å². The number of aliphatic carboxylic acids is 2. The van der Waals surface area contributed by atoms with Gasteiger partial charge in [0.25, 0.3) is 0 Å². The summed E-state index contributed by atoms with van der Waals surface area (Å²) in [6, 6.07) is 10.3. The summed E-state index contributed by atoms with van der Waals surface area (Å²) in [5.74, 6) is -9.46. The average Bonchev–Trinajstić information content (AvgIpc) is 3.97. The monoisotopic (exact) mass is 966 g/mol. The second-order valence-corrected chi connectivity index (χ2v) is 19.6. The number of aromatic amines is 1. The van der Waals surface area contributed by atoms with Gasteiger partial charge >= 0.3 is 29.8 Å². The number of methoxy groups -OCH3 is 3. The quantitative estimate of drug-likeness (QED) is 0.0971. The molecule has 6 aliphatic rings. The Kier molecular flexibility index (Phi) is 12.7. The highest BCUT2D eigenvalue weighted by atomic mass is 19.3. The number of likely N-dealkylation sites (N-methyl/N-ethyl adjacent to an activating group) is 1. The van der Waals surface area contributed by atoms with Crippen molar-refractivity contribution in [1.82, 2.24) is 14.8 Å². The average molecular weight is 967 g/mol. The van der Waals surface area contributed by atoms with E-state index in [-0.39, 0.29) is 31.3 Å². The van der Waals surface area contributed by atoms with Crippen molar-refractivity contribution in [3.63, 3.8) is 0 Å². The molecule has 1 saturated carbocycles. The number of nitrogens with zero attached hydrogens (tertiary/aromatic N) is 3. The summed E-state index contributed by atoms with van der Waals surface area (Å²) in [7, 11) is 5.94. The van der Waals surface area contributed by atoms with Crippen LogP contribution in [0.15, 0.2) is 48.6 Å². The first-order valence-electron chi connectivity index (χ1n) is 23.0. The summed E-state index contributed by atoms with van der Waals surface area (Å²) in [4.78, 5) is 72.0. The van der Waals surface area contributed by atoms with Crippen molar-refractivity contribution in [1.29, 1.82) is 0 Å². The molecule has 374 valence electrons. The molecule has 6 heterocycles. The number of fused-ring (bicyclic) bond motifs is 6. The van der Waals surface area contributed by atoms with Crippen LogP contribution < -0.4 is 9.64 Å². The number of nitrogens with one attached hydrogen (secondary N) is 1. The molecule has 18 nitrogen and oxygen atoms in total. The Hall–Kier alpha value is -5.67. The largest absolute Gasteiger partial charge is 0.496 e. The summed E-state index contributed by atoms with van der Waals surface area (Å²) >= 11 is 0. The summed E-state index contributed by atoms with van der Waals surface area (Å²) in [6.07, 6.45) is -0.496. The van der Waals surface area contributed by atoms with Crippen LogP contribution in [0, 0.1) is 17.3 Å². The number of aliphatic hydroxyl groups is 3. The van der Waals surface area contributed by atoms with Gasteiger partial charge in [0.05, 0.1) is 27.4 Å². The normalized spacial score (nSPS) is 32.9. The Balaban J connectivity index is 0.000000579. The number of hydrogen-bond donors (Lipinski definition) is 6. The van der Waals surface area contributed by atoms with Gasteiger partial charge in [0.1, 0.15) is 11.2 Å². The molecule has 0 radical (unpaired) electrons. The van der Waals surface area contributed by atoms with E-state index in [0.717, 1.165) is 29.0 Å². The van der Waals surface area contributed by atoms with Crippen LogP contribution in [0.3, 0.4) is 0 Å². The van der Waals surface area contributed by atoms with E-state index in [9.17, 15) is 24.3 Å². The van der Waals surface area contributed by atoms with E-state index >= 15 is 13.6 Å². The Morgan fingerprint density at radius 2 is 1.62 bits per heavy atom. The van der Waals surface area contributed by atoms with Gasteiger partial charge in [-0.2, -0.15) is 0 Å². The number of benzene rings is 2. The van der Waals surface area contributed by atoms with Crippen LogP contribution in [0.4, 0.5) is 14.5 Å².